The molecule has 0 bridgehead atoms. The van der Waals surface area contributed by atoms with Gasteiger partial charge in [-0.25, -0.2) is 9.59 Å². The molecule has 0 saturated carbocycles. The predicted octanol–water partition coefficient (Wildman–Crippen LogP) is 1.05. The molecule has 0 heterocycles. The minimum atomic E-state index is -1.53. The Morgan fingerprint density at radius 3 is 2.25 bits per heavy atom. The van der Waals surface area contributed by atoms with Crippen LogP contribution < -0.4 is 4.89 Å². The molecule has 0 saturated heterocycles. The summed E-state index contributed by atoms with van der Waals surface area (Å²) in [4.78, 5) is 29.8. The van der Waals surface area contributed by atoms with Crippen LogP contribution in [-0.2, 0) is 14.5 Å². The van der Waals surface area contributed by atoms with Gasteiger partial charge in [-0.1, -0.05) is 18.2 Å². The SMILES string of the molecule is O=C(O)/C=C(/OOc1ccccc1)C(=O)O. The number of carboxylic acid groups (broad SMARTS) is 2. The van der Waals surface area contributed by atoms with Gasteiger partial charge >= 0.3 is 11.9 Å². The van der Waals surface area contributed by atoms with Crippen molar-refractivity contribution in [2.24, 2.45) is 0 Å². The molecule has 2 N–H and O–H groups in total. The van der Waals surface area contributed by atoms with E-state index in [1.807, 2.05) is 0 Å². The lowest BCUT2D eigenvalue weighted by Crippen LogP contribution is -2.09. The molecule has 0 amide bonds. The standard InChI is InChI=1S/C10H8O6/c11-9(12)6-8(10(13)14)16-15-7-4-2-1-3-5-7/h1-6H,(H,11,12)(H,13,14)/b8-6+. The zero-order chi connectivity index (χ0) is 12.0. The van der Waals surface area contributed by atoms with Gasteiger partial charge in [-0.2, -0.15) is 0 Å². The van der Waals surface area contributed by atoms with Crippen LogP contribution in [0.2, 0.25) is 0 Å². The lowest BCUT2D eigenvalue weighted by molar-refractivity contribution is -0.183. The van der Waals surface area contributed by atoms with Crippen molar-refractivity contribution in [3.8, 4) is 5.75 Å². The first kappa shape index (κ1) is 11.6. The summed E-state index contributed by atoms with van der Waals surface area (Å²) in [6.45, 7) is 0. The molecule has 6 nitrogen and oxygen atoms in total. The van der Waals surface area contributed by atoms with Crippen LogP contribution in [0.1, 0.15) is 0 Å². The lowest BCUT2D eigenvalue weighted by Gasteiger charge is -2.04. The van der Waals surface area contributed by atoms with Gasteiger partial charge in [-0.15, -0.1) is 0 Å². The maximum absolute atomic E-state index is 10.5. The fraction of sp³-hybridized carbons (Fsp3) is 0. The molecule has 0 aliphatic heterocycles. The molecule has 84 valence electrons. The van der Waals surface area contributed by atoms with Gasteiger partial charge < -0.3 is 10.2 Å². The molecule has 0 fully saturated rings. The number of rotatable bonds is 5. The molecule has 1 aromatic carbocycles. The van der Waals surface area contributed by atoms with E-state index in [-0.39, 0.29) is 5.75 Å². The maximum Gasteiger partial charge on any atom is 0.376 e. The zero-order valence-electron chi connectivity index (χ0n) is 7.99. The minimum Gasteiger partial charge on any atom is -0.478 e. The van der Waals surface area contributed by atoms with Gasteiger partial charge in [0.1, 0.15) is 0 Å². The van der Waals surface area contributed by atoms with E-state index >= 15 is 0 Å². The third-order valence-corrected chi connectivity index (χ3v) is 1.44. The van der Waals surface area contributed by atoms with E-state index in [4.69, 9.17) is 10.2 Å². The Labute approximate surface area is 90.3 Å². The Morgan fingerprint density at radius 2 is 1.75 bits per heavy atom. The van der Waals surface area contributed by atoms with E-state index in [1.165, 1.54) is 12.1 Å². The average molecular weight is 224 g/mol. The largest absolute Gasteiger partial charge is 0.478 e. The van der Waals surface area contributed by atoms with Crippen molar-refractivity contribution < 1.29 is 29.6 Å². The highest BCUT2D eigenvalue weighted by atomic mass is 17.2. The fourth-order valence-electron chi connectivity index (χ4n) is 0.803. The molecule has 0 spiro atoms. The number of carboxylic acids is 2. The topological polar surface area (TPSA) is 93.1 Å². The van der Waals surface area contributed by atoms with Crippen LogP contribution in [0, 0.1) is 0 Å². The van der Waals surface area contributed by atoms with Crippen LogP contribution in [0.5, 0.6) is 5.75 Å². The molecule has 1 aromatic rings. The smallest absolute Gasteiger partial charge is 0.376 e. The Kier molecular flexibility index (Phi) is 3.90. The number of carbonyl (C=O) groups is 2. The summed E-state index contributed by atoms with van der Waals surface area (Å²) in [5.41, 5.74) is 0. The van der Waals surface area contributed by atoms with Crippen molar-refractivity contribution in [1.82, 2.24) is 0 Å². The number of benzene rings is 1. The highest BCUT2D eigenvalue weighted by molar-refractivity contribution is 5.92. The van der Waals surface area contributed by atoms with Crippen LogP contribution in [0.25, 0.3) is 0 Å². The fourth-order valence-corrected chi connectivity index (χ4v) is 0.803. The number of hydrogen-bond acceptors (Lipinski definition) is 4. The van der Waals surface area contributed by atoms with E-state index in [0.717, 1.165) is 0 Å². The molecule has 0 aliphatic carbocycles. The van der Waals surface area contributed by atoms with E-state index in [9.17, 15) is 9.59 Å². The minimum absolute atomic E-state index is 0.264. The normalized spacial score (nSPS) is 10.6. The molecule has 0 unspecified atom stereocenters. The van der Waals surface area contributed by atoms with E-state index in [2.05, 4.69) is 9.78 Å². The highest BCUT2D eigenvalue weighted by Gasteiger charge is 2.13. The molecule has 0 atom stereocenters. The first-order chi connectivity index (χ1) is 7.59. The van der Waals surface area contributed by atoms with Gasteiger partial charge in [-0.05, 0) is 12.1 Å². The van der Waals surface area contributed by atoms with Crippen molar-refractivity contribution in [2.45, 2.75) is 0 Å². The van der Waals surface area contributed by atoms with Crippen LogP contribution in [0.15, 0.2) is 42.2 Å². The quantitative estimate of drug-likeness (QED) is 0.336. The van der Waals surface area contributed by atoms with E-state index in [0.29, 0.717) is 6.08 Å². The van der Waals surface area contributed by atoms with Crippen molar-refractivity contribution in [3.05, 3.63) is 42.2 Å². The highest BCUT2D eigenvalue weighted by Crippen LogP contribution is 2.10. The molecule has 1 rings (SSSR count). The summed E-state index contributed by atoms with van der Waals surface area (Å²) in [7, 11) is 0. The van der Waals surface area contributed by atoms with Crippen molar-refractivity contribution in [3.63, 3.8) is 0 Å². The maximum atomic E-state index is 10.5. The summed E-state index contributed by atoms with van der Waals surface area (Å²) in [5.74, 6) is -3.51. The van der Waals surface area contributed by atoms with Crippen LogP contribution >= 0.6 is 0 Å². The Hall–Kier alpha value is -2.50. The van der Waals surface area contributed by atoms with Gasteiger partial charge in [0.05, 0.1) is 6.08 Å². The zero-order valence-corrected chi connectivity index (χ0v) is 7.99. The third-order valence-electron chi connectivity index (χ3n) is 1.44. The Balaban J connectivity index is 2.65. The van der Waals surface area contributed by atoms with Gasteiger partial charge in [-0.3, -0.25) is 9.78 Å². The number of hydrogen-bond donors (Lipinski definition) is 2. The summed E-state index contributed by atoms with van der Waals surface area (Å²) < 4.78 is 0. The molecule has 0 aromatic heterocycles. The van der Waals surface area contributed by atoms with Crippen molar-refractivity contribution >= 4 is 11.9 Å². The molecular formula is C10H8O6. The van der Waals surface area contributed by atoms with Gasteiger partial charge in [0.2, 0.25) is 0 Å². The molecule has 6 heteroatoms. The van der Waals surface area contributed by atoms with Crippen molar-refractivity contribution in [1.29, 1.82) is 0 Å². The van der Waals surface area contributed by atoms with Crippen LogP contribution in [0.4, 0.5) is 0 Å². The molecule has 0 radical (unpaired) electrons. The monoisotopic (exact) mass is 224 g/mol. The summed E-state index contributed by atoms with van der Waals surface area (Å²) >= 11 is 0. The molecular weight excluding hydrogens is 216 g/mol. The average Bonchev–Trinajstić information content (AvgIpc) is 2.25. The van der Waals surface area contributed by atoms with Gasteiger partial charge in [0, 0.05) is 0 Å². The van der Waals surface area contributed by atoms with Gasteiger partial charge in [0.15, 0.2) is 5.75 Å². The van der Waals surface area contributed by atoms with Crippen LogP contribution in [0.3, 0.4) is 0 Å². The molecule has 0 aliphatic rings. The van der Waals surface area contributed by atoms with Crippen molar-refractivity contribution in [2.75, 3.05) is 0 Å². The summed E-state index contributed by atoms with van der Waals surface area (Å²) in [6, 6.07) is 8.10. The second kappa shape index (κ2) is 5.40. The molecule has 16 heavy (non-hydrogen) atoms. The second-order valence-corrected chi connectivity index (χ2v) is 2.63. The number of aliphatic carboxylic acids is 2. The summed E-state index contributed by atoms with van der Waals surface area (Å²) in [6.07, 6.45) is 0.394. The number of para-hydroxylation sites is 1. The summed E-state index contributed by atoms with van der Waals surface area (Å²) in [5, 5.41) is 16.9. The Morgan fingerprint density at radius 1 is 1.12 bits per heavy atom. The second-order valence-electron chi connectivity index (χ2n) is 2.63. The third kappa shape index (κ3) is 3.70. The first-order valence-corrected chi connectivity index (χ1v) is 4.17. The first-order valence-electron chi connectivity index (χ1n) is 4.17. The Bertz CT molecular complexity index is 409. The van der Waals surface area contributed by atoms with Crippen LogP contribution in [-0.4, -0.2) is 22.2 Å². The van der Waals surface area contributed by atoms with Gasteiger partial charge in [0.25, 0.3) is 5.76 Å². The predicted molar refractivity (Wildman–Crippen MR) is 51.5 cm³/mol. The van der Waals surface area contributed by atoms with E-state index < -0.39 is 17.7 Å². The lowest BCUT2D eigenvalue weighted by atomic mass is 10.3. The van der Waals surface area contributed by atoms with E-state index in [1.54, 1.807) is 18.2 Å².